The van der Waals surface area contributed by atoms with Crippen LogP contribution in [0.5, 0.6) is 0 Å². The molecule has 0 nitrogen and oxygen atoms in total. The van der Waals surface area contributed by atoms with Crippen LogP contribution >= 0.6 is 38.5 Å². The summed E-state index contributed by atoms with van der Waals surface area (Å²) in [4.78, 5) is 0. The van der Waals surface area contributed by atoms with Gasteiger partial charge >= 0.3 is 81.9 Å². The van der Waals surface area contributed by atoms with Gasteiger partial charge in [-0.05, 0) is 0 Å². The third-order valence-corrected chi connectivity index (χ3v) is 10.9. The third kappa shape index (κ3) is 2.47. The Bertz CT molecular complexity index is 121. The molecule has 1 saturated carbocycles. The first-order valence-corrected chi connectivity index (χ1v) is 13.7. The Kier molecular flexibility index (Phi) is 3.79. The number of alkyl halides is 1. The molecule has 1 aliphatic rings. The van der Waals surface area contributed by atoms with E-state index in [-0.39, 0.29) is 9.34 Å². The van der Waals surface area contributed by atoms with Crippen LogP contribution in [0.1, 0.15) is 19.3 Å². The van der Waals surface area contributed by atoms with Crippen LogP contribution in [0.25, 0.3) is 0 Å². The molecule has 0 N–H and O–H groups in total. The predicted molar refractivity (Wildman–Crippen MR) is 50.6 cm³/mol. The predicted octanol–water partition coefficient (Wildman–Crippen LogP) is 3.80. The summed E-state index contributed by atoms with van der Waals surface area (Å²) in [6.45, 7) is 0. The van der Waals surface area contributed by atoms with Gasteiger partial charge in [0.05, 0.1) is 0 Å². The van der Waals surface area contributed by atoms with Crippen molar-refractivity contribution in [3.8, 4) is 0 Å². The van der Waals surface area contributed by atoms with Crippen molar-refractivity contribution in [1.29, 1.82) is 0 Å². The van der Waals surface area contributed by atoms with Gasteiger partial charge in [0.1, 0.15) is 0 Å². The molecule has 62 valence electrons. The molecule has 1 rings (SSSR count). The van der Waals surface area contributed by atoms with E-state index in [0.29, 0.717) is 0 Å². The van der Waals surface area contributed by atoms with Gasteiger partial charge in [-0.3, -0.25) is 0 Å². The van der Waals surface area contributed by atoms with E-state index in [1.54, 1.807) is 0 Å². The standard InChI is InChI=1S/C5H8Cl4Te/c6-4-2-1-3-5(4)10(7,8)9/h4-5H,1-3H2/t4-,5+/m1/s1. The van der Waals surface area contributed by atoms with Crippen molar-refractivity contribution in [1.82, 2.24) is 0 Å². The van der Waals surface area contributed by atoms with Gasteiger partial charge in [-0.1, -0.05) is 0 Å². The third-order valence-electron chi connectivity index (χ3n) is 1.72. The van der Waals surface area contributed by atoms with Gasteiger partial charge in [0.2, 0.25) is 0 Å². The summed E-state index contributed by atoms with van der Waals surface area (Å²) >= 11 is 2.96. The molecule has 2 atom stereocenters. The molecule has 5 heteroatoms. The number of rotatable bonds is 1. The van der Waals surface area contributed by atoms with Crippen LogP contribution in [0.15, 0.2) is 0 Å². The second-order valence-corrected chi connectivity index (χ2v) is 20.2. The van der Waals surface area contributed by atoms with Crippen molar-refractivity contribution in [3.63, 3.8) is 0 Å². The molecule has 0 bridgehead atoms. The Labute approximate surface area is 81.2 Å². The molecule has 0 aromatic rings. The normalized spacial score (nSPS) is 36.4. The first-order chi connectivity index (χ1) is 4.52. The Hall–Kier alpha value is 1.95. The molecule has 0 aromatic heterocycles. The maximum absolute atomic E-state index is 5.96. The first kappa shape index (κ1) is 10.0. The molecule has 0 aliphatic heterocycles. The molecule has 1 aliphatic carbocycles. The molecule has 10 heavy (non-hydrogen) atoms. The summed E-state index contributed by atoms with van der Waals surface area (Å²) in [5.74, 6) is 0. The van der Waals surface area contributed by atoms with Gasteiger partial charge in [0, 0.05) is 0 Å². The maximum atomic E-state index is 5.96. The van der Waals surface area contributed by atoms with E-state index in [0.717, 1.165) is 19.3 Å². The van der Waals surface area contributed by atoms with Crippen LogP contribution in [0.4, 0.5) is 0 Å². The van der Waals surface area contributed by atoms with Crippen molar-refractivity contribution in [2.45, 2.75) is 28.6 Å². The molecule has 0 unspecified atom stereocenters. The Morgan fingerprint density at radius 3 is 1.90 bits per heavy atom. The zero-order valence-electron chi connectivity index (χ0n) is 5.20. The van der Waals surface area contributed by atoms with Crippen LogP contribution in [-0.2, 0) is 0 Å². The molecule has 0 saturated heterocycles. The van der Waals surface area contributed by atoms with Gasteiger partial charge in [-0.15, -0.1) is 0 Å². The minimum atomic E-state index is -3.00. The summed E-state index contributed by atoms with van der Waals surface area (Å²) in [5, 5.41) is 0.133. The average molecular weight is 338 g/mol. The molecule has 0 aromatic carbocycles. The van der Waals surface area contributed by atoms with E-state index < -0.39 is 14.8 Å². The summed E-state index contributed by atoms with van der Waals surface area (Å²) in [5.41, 5.74) is 0. The van der Waals surface area contributed by atoms with E-state index in [1.807, 2.05) is 0 Å². The Morgan fingerprint density at radius 2 is 1.70 bits per heavy atom. The second kappa shape index (κ2) is 3.77. The van der Waals surface area contributed by atoms with Gasteiger partial charge in [-0.25, -0.2) is 0 Å². The van der Waals surface area contributed by atoms with Crippen molar-refractivity contribution in [2.75, 3.05) is 0 Å². The van der Waals surface area contributed by atoms with Crippen LogP contribution < -0.4 is 0 Å². The topological polar surface area (TPSA) is 0 Å². The molecule has 0 radical (unpaired) electrons. The average Bonchev–Trinajstić information content (AvgIpc) is 2.11. The monoisotopic (exact) mass is 338 g/mol. The first-order valence-electron chi connectivity index (χ1n) is 3.07. The van der Waals surface area contributed by atoms with Crippen molar-refractivity contribution in [3.05, 3.63) is 0 Å². The van der Waals surface area contributed by atoms with E-state index >= 15 is 0 Å². The van der Waals surface area contributed by atoms with Crippen molar-refractivity contribution >= 4 is 53.3 Å². The van der Waals surface area contributed by atoms with Crippen molar-refractivity contribution in [2.24, 2.45) is 0 Å². The fourth-order valence-corrected chi connectivity index (χ4v) is 10.4. The van der Waals surface area contributed by atoms with Crippen LogP contribution in [-0.4, -0.2) is 20.2 Å². The van der Waals surface area contributed by atoms with Crippen LogP contribution in [0.2, 0.25) is 3.97 Å². The molecule has 0 spiro atoms. The van der Waals surface area contributed by atoms with E-state index in [4.69, 9.17) is 38.5 Å². The number of hydrogen-bond acceptors (Lipinski definition) is 0. The fourth-order valence-electron chi connectivity index (χ4n) is 1.18. The Balaban J connectivity index is 2.55. The SMILES string of the molecule is Cl[C@@H]1CCC[C@@H]1[Te](Cl)(Cl)Cl. The summed E-state index contributed by atoms with van der Waals surface area (Å²) in [6, 6.07) is 0. The van der Waals surface area contributed by atoms with Gasteiger partial charge < -0.3 is 0 Å². The van der Waals surface area contributed by atoms with Gasteiger partial charge in [0.15, 0.2) is 0 Å². The fraction of sp³-hybridized carbons (Fsp3) is 1.00. The second-order valence-electron chi connectivity index (χ2n) is 2.43. The number of halogens is 4. The van der Waals surface area contributed by atoms with Gasteiger partial charge in [-0.2, -0.15) is 0 Å². The zero-order chi connectivity index (χ0) is 7.78. The van der Waals surface area contributed by atoms with E-state index in [2.05, 4.69) is 0 Å². The summed E-state index contributed by atoms with van der Waals surface area (Å²) in [6.07, 6.45) is 3.16. The van der Waals surface area contributed by atoms with E-state index in [1.165, 1.54) is 0 Å². The van der Waals surface area contributed by atoms with Crippen LogP contribution in [0, 0.1) is 0 Å². The van der Waals surface area contributed by atoms with Gasteiger partial charge in [0.25, 0.3) is 0 Å². The zero-order valence-corrected chi connectivity index (χ0v) is 10.6. The molecule has 0 heterocycles. The minimum absolute atomic E-state index is 0.133. The van der Waals surface area contributed by atoms with Crippen molar-refractivity contribution < 1.29 is 0 Å². The van der Waals surface area contributed by atoms with Crippen LogP contribution in [0.3, 0.4) is 0 Å². The van der Waals surface area contributed by atoms with E-state index in [9.17, 15) is 0 Å². The molecule has 1 fully saturated rings. The molecule has 0 amide bonds. The quantitative estimate of drug-likeness (QED) is 0.504. The Morgan fingerprint density at radius 1 is 1.10 bits per heavy atom. The summed E-state index contributed by atoms with van der Waals surface area (Å²) < 4.78 is 0.231. The number of hydrogen-bond donors (Lipinski definition) is 0. The molecular weight excluding hydrogens is 329 g/mol. The molecular formula is C5H8Cl4Te. The summed E-state index contributed by atoms with van der Waals surface area (Å²) in [7, 11) is 17.6.